The maximum absolute atomic E-state index is 11.4. The van der Waals surface area contributed by atoms with E-state index in [9.17, 15) is 9.90 Å². The molecule has 1 aliphatic heterocycles. The zero-order chi connectivity index (χ0) is 13.1. The average molecular weight is 251 g/mol. The number of aromatic nitrogens is 1. The fourth-order valence-electron chi connectivity index (χ4n) is 1.61. The molecule has 96 valence electrons. The van der Waals surface area contributed by atoms with Crippen LogP contribution < -0.4 is 10.9 Å². The molecule has 1 aromatic heterocycles. The molecule has 0 unspecified atom stereocenters. The Kier molecular flexibility index (Phi) is 3.45. The van der Waals surface area contributed by atoms with Crippen LogP contribution in [0, 0.1) is 5.41 Å². The lowest BCUT2D eigenvalue weighted by atomic mass is 10.1. The van der Waals surface area contributed by atoms with Crippen molar-refractivity contribution in [3.05, 3.63) is 28.1 Å². The van der Waals surface area contributed by atoms with E-state index in [1.54, 1.807) is 13.1 Å². The predicted molar refractivity (Wildman–Crippen MR) is 65.9 cm³/mol. The molecule has 4 N–H and O–H groups in total. The Morgan fingerprint density at radius 3 is 2.89 bits per heavy atom. The van der Waals surface area contributed by atoms with Crippen molar-refractivity contribution in [2.75, 3.05) is 25.6 Å². The van der Waals surface area contributed by atoms with Crippen LogP contribution in [0.3, 0.4) is 0 Å². The van der Waals surface area contributed by atoms with Gasteiger partial charge in [0.05, 0.1) is 5.71 Å². The van der Waals surface area contributed by atoms with Gasteiger partial charge >= 0.3 is 0 Å². The molecule has 2 rings (SSSR count). The summed E-state index contributed by atoms with van der Waals surface area (Å²) in [5, 5.41) is 20.0. The van der Waals surface area contributed by atoms with Gasteiger partial charge in [0.15, 0.2) is 5.88 Å². The third kappa shape index (κ3) is 2.41. The van der Waals surface area contributed by atoms with Crippen molar-refractivity contribution >= 4 is 17.0 Å². The van der Waals surface area contributed by atoms with Crippen molar-refractivity contribution in [1.29, 1.82) is 5.41 Å². The molecule has 0 spiro atoms. The SMILES string of the molecule is CNc1cc(C2=CC(=N)COOC2)c(O)[nH]c1=O. The lowest BCUT2D eigenvalue weighted by molar-refractivity contribution is -0.271. The van der Waals surface area contributed by atoms with Crippen LogP contribution in [-0.2, 0) is 9.78 Å². The van der Waals surface area contributed by atoms with Gasteiger partial charge in [-0.15, -0.1) is 0 Å². The summed E-state index contributed by atoms with van der Waals surface area (Å²) < 4.78 is 0. The van der Waals surface area contributed by atoms with Gasteiger partial charge in [-0.25, -0.2) is 9.78 Å². The van der Waals surface area contributed by atoms with E-state index in [0.717, 1.165) is 0 Å². The Morgan fingerprint density at radius 2 is 2.17 bits per heavy atom. The average Bonchev–Trinajstić information content (AvgIpc) is 2.54. The first kappa shape index (κ1) is 12.3. The summed E-state index contributed by atoms with van der Waals surface area (Å²) in [5.41, 5.74) is 1.08. The molecule has 1 aliphatic rings. The summed E-state index contributed by atoms with van der Waals surface area (Å²) >= 11 is 0. The van der Waals surface area contributed by atoms with Crippen LogP contribution >= 0.6 is 0 Å². The van der Waals surface area contributed by atoms with Crippen LogP contribution in [0.1, 0.15) is 5.56 Å². The van der Waals surface area contributed by atoms with E-state index in [2.05, 4.69) is 10.3 Å². The van der Waals surface area contributed by atoms with Gasteiger partial charge in [-0.1, -0.05) is 0 Å². The van der Waals surface area contributed by atoms with Gasteiger partial charge in [0, 0.05) is 12.6 Å². The summed E-state index contributed by atoms with van der Waals surface area (Å²) in [7, 11) is 1.61. The van der Waals surface area contributed by atoms with Crippen LogP contribution in [0.4, 0.5) is 5.69 Å². The number of pyridine rings is 1. The van der Waals surface area contributed by atoms with Crippen molar-refractivity contribution in [3.63, 3.8) is 0 Å². The van der Waals surface area contributed by atoms with E-state index >= 15 is 0 Å². The van der Waals surface area contributed by atoms with Crippen LogP contribution in [-0.4, -0.2) is 36.1 Å². The van der Waals surface area contributed by atoms with Crippen molar-refractivity contribution < 1.29 is 14.9 Å². The topological polar surface area (TPSA) is 107 Å². The Hall–Kier alpha value is -2.12. The molecule has 0 radical (unpaired) electrons. The number of aromatic amines is 1. The van der Waals surface area contributed by atoms with E-state index < -0.39 is 5.56 Å². The number of hydrogen-bond acceptors (Lipinski definition) is 6. The zero-order valence-corrected chi connectivity index (χ0v) is 9.74. The summed E-state index contributed by atoms with van der Waals surface area (Å²) in [5.74, 6) is -0.261. The molecule has 0 aromatic carbocycles. The molecular formula is C11H13N3O4. The lowest BCUT2D eigenvalue weighted by Gasteiger charge is -2.09. The van der Waals surface area contributed by atoms with Crippen molar-refractivity contribution in [1.82, 2.24) is 4.98 Å². The van der Waals surface area contributed by atoms with Gasteiger partial charge in [-0.2, -0.15) is 0 Å². The van der Waals surface area contributed by atoms with Gasteiger partial charge in [0.2, 0.25) is 0 Å². The highest BCUT2D eigenvalue weighted by Gasteiger charge is 2.15. The molecule has 7 nitrogen and oxygen atoms in total. The van der Waals surface area contributed by atoms with E-state index in [0.29, 0.717) is 16.8 Å². The van der Waals surface area contributed by atoms with E-state index in [1.807, 2.05) is 0 Å². The number of rotatable bonds is 2. The molecule has 1 aromatic rings. The Labute approximate surface area is 102 Å². The van der Waals surface area contributed by atoms with Crippen molar-refractivity contribution in [2.24, 2.45) is 0 Å². The normalized spacial score (nSPS) is 16.1. The highest BCUT2D eigenvalue weighted by Crippen LogP contribution is 2.25. The number of anilines is 1. The molecule has 0 saturated carbocycles. The highest BCUT2D eigenvalue weighted by atomic mass is 17.2. The summed E-state index contributed by atoms with van der Waals surface area (Å²) in [6.45, 7) is 0.137. The second-order valence-electron chi connectivity index (χ2n) is 3.74. The molecule has 0 amide bonds. The van der Waals surface area contributed by atoms with Gasteiger partial charge < -0.3 is 15.8 Å². The second-order valence-corrected chi connectivity index (χ2v) is 3.74. The standard InChI is InChI=1S/C11H13N3O4/c1-13-9-3-8(10(15)14-11(9)16)6-2-7(12)5-18-17-4-6/h2-3,12-13H,4-5H2,1H3,(H2,14,15,16). The molecule has 7 heteroatoms. The Balaban J connectivity index is 2.49. The smallest absolute Gasteiger partial charge is 0.274 e. The fraction of sp³-hybridized carbons (Fsp3) is 0.273. The number of hydrogen-bond donors (Lipinski definition) is 4. The number of H-pyrrole nitrogens is 1. The second kappa shape index (κ2) is 5.03. The molecule has 18 heavy (non-hydrogen) atoms. The maximum Gasteiger partial charge on any atom is 0.274 e. The fourth-order valence-corrected chi connectivity index (χ4v) is 1.61. The summed E-state index contributed by atoms with van der Waals surface area (Å²) in [6.07, 6.45) is 1.54. The molecule has 0 aliphatic carbocycles. The van der Waals surface area contributed by atoms with Crippen LogP contribution in [0.25, 0.3) is 5.57 Å². The van der Waals surface area contributed by atoms with Crippen LogP contribution in [0.2, 0.25) is 0 Å². The predicted octanol–water partition coefficient (Wildman–Crippen LogP) is 0.487. The van der Waals surface area contributed by atoms with E-state index in [1.165, 1.54) is 6.07 Å². The van der Waals surface area contributed by atoms with Crippen molar-refractivity contribution in [3.8, 4) is 5.88 Å². The van der Waals surface area contributed by atoms with Gasteiger partial charge in [-0.05, 0) is 17.7 Å². The minimum Gasteiger partial charge on any atom is -0.494 e. The van der Waals surface area contributed by atoms with E-state index in [4.69, 9.17) is 15.2 Å². The summed E-state index contributed by atoms with van der Waals surface area (Å²) in [4.78, 5) is 23.4. The first-order valence-corrected chi connectivity index (χ1v) is 5.28. The van der Waals surface area contributed by atoms with E-state index in [-0.39, 0.29) is 24.8 Å². The minimum absolute atomic E-state index is 0.0481. The first-order chi connectivity index (χ1) is 8.61. The maximum atomic E-state index is 11.4. The highest BCUT2D eigenvalue weighted by molar-refractivity contribution is 6.00. The molecule has 0 fully saturated rings. The Bertz CT molecular complexity index is 562. The van der Waals surface area contributed by atoms with Crippen molar-refractivity contribution in [2.45, 2.75) is 0 Å². The van der Waals surface area contributed by atoms with Gasteiger partial charge in [-0.3, -0.25) is 9.78 Å². The zero-order valence-electron chi connectivity index (χ0n) is 9.74. The van der Waals surface area contributed by atoms with Gasteiger partial charge in [0.25, 0.3) is 5.56 Å². The number of nitrogens with one attached hydrogen (secondary N) is 3. The molecule has 2 heterocycles. The molecule has 0 bridgehead atoms. The van der Waals surface area contributed by atoms with Crippen LogP contribution in [0.15, 0.2) is 16.9 Å². The van der Waals surface area contributed by atoms with Gasteiger partial charge in [0.1, 0.15) is 18.9 Å². The third-order valence-electron chi connectivity index (χ3n) is 2.50. The molecular weight excluding hydrogens is 238 g/mol. The first-order valence-electron chi connectivity index (χ1n) is 5.28. The quantitative estimate of drug-likeness (QED) is 0.572. The minimum atomic E-state index is -0.416. The lowest BCUT2D eigenvalue weighted by Crippen LogP contribution is -2.12. The van der Waals surface area contributed by atoms with Crippen LogP contribution in [0.5, 0.6) is 5.88 Å². The third-order valence-corrected chi connectivity index (χ3v) is 2.50. The summed E-state index contributed by atoms with van der Waals surface area (Å²) in [6, 6.07) is 1.50. The largest absolute Gasteiger partial charge is 0.494 e. The Morgan fingerprint density at radius 1 is 1.44 bits per heavy atom. The number of aromatic hydroxyl groups is 1. The monoisotopic (exact) mass is 251 g/mol. The molecule has 0 atom stereocenters. The molecule has 0 saturated heterocycles.